The Balaban J connectivity index is 1.85. The Hall–Kier alpha value is -2.54. The Kier molecular flexibility index (Phi) is 4.91. The first-order chi connectivity index (χ1) is 12.2. The number of ether oxygens (including phenoxy) is 2. The second kappa shape index (κ2) is 6.99. The molecule has 26 heavy (non-hydrogen) atoms. The van der Waals surface area contributed by atoms with Gasteiger partial charge in [0, 0.05) is 25.2 Å². The normalized spacial score (nSPS) is 19.9. The summed E-state index contributed by atoms with van der Waals surface area (Å²) >= 11 is 0. The number of primary amides is 1. The average molecular weight is 359 g/mol. The molecule has 2 aliphatic rings. The van der Waals surface area contributed by atoms with Crippen LogP contribution < -0.4 is 15.8 Å². The zero-order valence-corrected chi connectivity index (χ0v) is 15.4. The highest BCUT2D eigenvalue weighted by Crippen LogP contribution is 2.32. The largest absolute Gasteiger partial charge is 0.488 e. The molecule has 1 aromatic carbocycles. The lowest BCUT2D eigenvalue weighted by Crippen LogP contribution is -2.50. The van der Waals surface area contributed by atoms with Gasteiger partial charge in [0.05, 0.1) is 11.6 Å². The fourth-order valence-corrected chi connectivity index (χ4v) is 3.07. The Morgan fingerprint density at radius 1 is 1.35 bits per heavy atom. The molecule has 3 N–H and O–H groups in total. The van der Waals surface area contributed by atoms with Crippen molar-refractivity contribution >= 4 is 18.1 Å². The van der Waals surface area contributed by atoms with Gasteiger partial charge in [-0.15, -0.1) is 0 Å². The van der Waals surface area contributed by atoms with E-state index >= 15 is 0 Å². The van der Waals surface area contributed by atoms with Crippen LogP contribution in [0.1, 0.15) is 37.9 Å². The molecular formula is C19H25N3O4. The molecule has 0 saturated carbocycles. The van der Waals surface area contributed by atoms with Gasteiger partial charge in [0.15, 0.2) is 0 Å². The van der Waals surface area contributed by atoms with Crippen molar-refractivity contribution in [2.45, 2.75) is 32.4 Å². The highest BCUT2D eigenvalue weighted by Gasteiger charge is 2.32. The van der Waals surface area contributed by atoms with Crippen LogP contribution in [0.5, 0.6) is 5.75 Å². The van der Waals surface area contributed by atoms with Gasteiger partial charge >= 0.3 is 6.09 Å². The molecule has 0 aliphatic carbocycles. The van der Waals surface area contributed by atoms with Crippen LogP contribution in [0.3, 0.4) is 0 Å². The van der Waals surface area contributed by atoms with Crippen LogP contribution in [0.15, 0.2) is 23.8 Å². The van der Waals surface area contributed by atoms with E-state index in [1.54, 1.807) is 11.0 Å². The van der Waals surface area contributed by atoms with Crippen molar-refractivity contribution in [3.05, 3.63) is 34.9 Å². The molecule has 1 saturated heterocycles. The molecule has 0 bridgehead atoms. The zero-order valence-electron chi connectivity index (χ0n) is 15.4. The van der Waals surface area contributed by atoms with Gasteiger partial charge in [-0.1, -0.05) is 12.1 Å². The quantitative estimate of drug-likeness (QED) is 0.840. The number of carbonyl (C=O) groups is 2. The molecule has 1 aromatic rings. The van der Waals surface area contributed by atoms with Crippen molar-refractivity contribution in [3.8, 4) is 5.75 Å². The fraction of sp³-hybridized carbons (Fsp3) is 0.474. The summed E-state index contributed by atoms with van der Waals surface area (Å²) in [6, 6.07) is 5.60. The molecule has 1 unspecified atom stereocenters. The van der Waals surface area contributed by atoms with Gasteiger partial charge in [-0.05, 0) is 38.5 Å². The number of benzene rings is 1. The third-order valence-corrected chi connectivity index (χ3v) is 4.32. The van der Waals surface area contributed by atoms with Crippen LogP contribution >= 0.6 is 0 Å². The number of fused-ring (bicyclic) bond motifs is 1. The molecule has 2 aliphatic heterocycles. The van der Waals surface area contributed by atoms with Crippen LogP contribution in [0.4, 0.5) is 4.79 Å². The Morgan fingerprint density at radius 3 is 2.81 bits per heavy atom. The van der Waals surface area contributed by atoms with E-state index in [1.807, 2.05) is 39.0 Å². The molecule has 2 amide bonds. The van der Waals surface area contributed by atoms with Gasteiger partial charge in [0.25, 0.3) is 0 Å². The molecule has 2 heterocycles. The lowest BCUT2D eigenvalue weighted by molar-refractivity contribution is -0.114. The van der Waals surface area contributed by atoms with Gasteiger partial charge < -0.3 is 20.5 Å². The second-order valence-electron chi connectivity index (χ2n) is 7.51. The predicted molar refractivity (Wildman–Crippen MR) is 97.7 cm³/mol. The van der Waals surface area contributed by atoms with Gasteiger partial charge in [-0.25, -0.2) is 4.79 Å². The Labute approximate surface area is 153 Å². The van der Waals surface area contributed by atoms with Crippen molar-refractivity contribution in [2.75, 3.05) is 26.2 Å². The van der Waals surface area contributed by atoms with E-state index in [4.69, 9.17) is 15.2 Å². The van der Waals surface area contributed by atoms with Crippen LogP contribution in [0, 0.1) is 0 Å². The molecule has 3 rings (SSSR count). The molecule has 7 heteroatoms. The summed E-state index contributed by atoms with van der Waals surface area (Å²) < 4.78 is 11.2. The van der Waals surface area contributed by atoms with E-state index < -0.39 is 11.5 Å². The topological polar surface area (TPSA) is 93.9 Å². The summed E-state index contributed by atoms with van der Waals surface area (Å²) in [7, 11) is 0. The van der Waals surface area contributed by atoms with Crippen molar-refractivity contribution in [2.24, 2.45) is 5.73 Å². The number of hydrogen-bond donors (Lipinski definition) is 2. The van der Waals surface area contributed by atoms with E-state index in [0.29, 0.717) is 24.4 Å². The number of amides is 2. The minimum Gasteiger partial charge on any atom is -0.488 e. The van der Waals surface area contributed by atoms with E-state index in [9.17, 15) is 9.59 Å². The third kappa shape index (κ3) is 3.99. The molecular weight excluding hydrogens is 334 g/mol. The maximum Gasteiger partial charge on any atom is 0.410 e. The van der Waals surface area contributed by atoms with Crippen molar-refractivity contribution in [3.63, 3.8) is 0 Å². The monoisotopic (exact) mass is 359 g/mol. The summed E-state index contributed by atoms with van der Waals surface area (Å²) in [6.45, 7) is 7.67. The zero-order chi connectivity index (χ0) is 18.9. The number of rotatable bonds is 2. The van der Waals surface area contributed by atoms with Crippen LogP contribution in [-0.4, -0.2) is 48.7 Å². The fourth-order valence-electron chi connectivity index (χ4n) is 3.07. The summed E-state index contributed by atoms with van der Waals surface area (Å²) in [6.07, 6.45) is 1.42. The Morgan fingerprint density at radius 2 is 2.12 bits per heavy atom. The average Bonchev–Trinajstić information content (AvgIpc) is 2.59. The number of hydrogen-bond acceptors (Lipinski definition) is 5. The van der Waals surface area contributed by atoms with E-state index in [2.05, 4.69) is 5.32 Å². The minimum atomic E-state index is -0.540. The number of carbonyl (C=O) groups excluding carboxylic acids is 2. The van der Waals surface area contributed by atoms with Crippen LogP contribution in [-0.2, 0) is 9.53 Å². The number of nitrogens with one attached hydrogen (secondary N) is 1. The summed E-state index contributed by atoms with van der Waals surface area (Å²) in [5.74, 6) is 0.203. The smallest absolute Gasteiger partial charge is 0.410 e. The highest BCUT2D eigenvalue weighted by molar-refractivity contribution is 5.97. The van der Waals surface area contributed by atoms with Crippen molar-refractivity contribution in [1.29, 1.82) is 0 Å². The second-order valence-corrected chi connectivity index (χ2v) is 7.51. The van der Waals surface area contributed by atoms with E-state index in [1.165, 1.54) is 0 Å². The first-order valence-corrected chi connectivity index (χ1v) is 8.72. The summed E-state index contributed by atoms with van der Waals surface area (Å²) in [4.78, 5) is 25.7. The van der Waals surface area contributed by atoms with Crippen LogP contribution in [0.2, 0.25) is 0 Å². The standard InChI is InChI=1S/C19H25N3O4/c1-19(2,3)26-18(24)22-7-6-21-10-15(22)12-4-5-13-8-14(17(20)23)11-25-16(13)9-12/h4-5,8-9,15,21H,6-7,10-11H2,1-3H3,(H2,20,23). The van der Waals surface area contributed by atoms with E-state index in [-0.39, 0.29) is 18.7 Å². The maximum absolute atomic E-state index is 12.6. The highest BCUT2D eigenvalue weighted by atomic mass is 16.6. The molecule has 140 valence electrons. The number of nitrogens with two attached hydrogens (primary N) is 1. The Bertz CT molecular complexity index is 752. The summed E-state index contributed by atoms with van der Waals surface area (Å²) in [5.41, 5.74) is 6.99. The lowest BCUT2D eigenvalue weighted by atomic mass is 9.99. The molecule has 0 aromatic heterocycles. The van der Waals surface area contributed by atoms with Gasteiger partial charge in [-0.3, -0.25) is 9.69 Å². The molecule has 1 fully saturated rings. The molecule has 0 radical (unpaired) electrons. The van der Waals surface area contributed by atoms with Gasteiger partial charge in [-0.2, -0.15) is 0 Å². The van der Waals surface area contributed by atoms with Crippen LogP contribution in [0.25, 0.3) is 6.08 Å². The minimum absolute atomic E-state index is 0.144. The lowest BCUT2D eigenvalue weighted by Gasteiger charge is -2.37. The molecule has 7 nitrogen and oxygen atoms in total. The summed E-state index contributed by atoms with van der Waals surface area (Å²) in [5, 5.41) is 3.32. The first-order valence-electron chi connectivity index (χ1n) is 8.72. The third-order valence-electron chi connectivity index (χ3n) is 4.32. The number of nitrogens with zero attached hydrogens (tertiary/aromatic N) is 1. The molecule has 0 spiro atoms. The van der Waals surface area contributed by atoms with Gasteiger partial charge in [0.2, 0.25) is 5.91 Å². The maximum atomic E-state index is 12.6. The first kappa shape index (κ1) is 18.3. The molecule has 1 atom stereocenters. The number of piperazine rings is 1. The SMILES string of the molecule is CC(C)(C)OC(=O)N1CCNCC1c1ccc2c(c1)OCC(C(N)=O)=C2. The van der Waals surface area contributed by atoms with Crippen molar-refractivity contribution in [1.82, 2.24) is 10.2 Å². The predicted octanol–water partition coefficient (Wildman–Crippen LogP) is 1.83. The van der Waals surface area contributed by atoms with Gasteiger partial charge in [0.1, 0.15) is 18.0 Å². The van der Waals surface area contributed by atoms with Crippen molar-refractivity contribution < 1.29 is 19.1 Å². The van der Waals surface area contributed by atoms with E-state index in [0.717, 1.165) is 17.7 Å².